The number of rotatable bonds is 11. The minimum atomic E-state index is 0. The highest BCUT2D eigenvalue weighted by Crippen LogP contribution is 2.16. The van der Waals surface area contributed by atoms with Gasteiger partial charge < -0.3 is 20.1 Å². The molecule has 1 fully saturated rings. The molecule has 7 heteroatoms. The van der Waals surface area contributed by atoms with Crippen molar-refractivity contribution in [2.24, 2.45) is 4.99 Å². The second-order valence-corrected chi connectivity index (χ2v) is 8.21. The Hall–Kier alpha value is -1.84. The van der Waals surface area contributed by atoms with E-state index < -0.39 is 0 Å². The fraction of sp³-hybridized carbons (Fsp3) is 0.500. The zero-order valence-corrected chi connectivity index (χ0v) is 22.3. The SMILES string of the molecule is CN=C(NCCCOC1CCN(Cc2ccccc2)CC1)NCCc1ccc(OC)cc1.I. The van der Waals surface area contributed by atoms with E-state index in [1.165, 1.54) is 11.1 Å². The number of methoxy groups -OCH3 is 1. The summed E-state index contributed by atoms with van der Waals surface area (Å²) in [7, 11) is 3.50. The molecule has 0 spiro atoms. The predicted octanol–water partition coefficient (Wildman–Crippen LogP) is 4.09. The number of hydrogen-bond donors (Lipinski definition) is 2. The molecule has 0 radical (unpaired) electrons. The molecule has 2 aromatic rings. The number of nitrogens with zero attached hydrogens (tertiary/aromatic N) is 2. The van der Waals surface area contributed by atoms with E-state index >= 15 is 0 Å². The summed E-state index contributed by atoms with van der Waals surface area (Å²) >= 11 is 0. The maximum Gasteiger partial charge on any atom is 0.190 e. The van der Waals surface area contributed by atoms with Crippen molar-refractivity contribution in [3.63, 3.8) is 0 Å². The van der Waals surface area contributed by atoms with Gasteiger partial charge in [0, 0.05) is 46.4 Å². The summed E-state index contributed by atoms with van der Waals surface area (Å²) in [5, 5.41) is 6.75. The highest BCUT2D eigenvalue weighted by atomic mass is 127. The molecule has 0 amide bonds. The topological polar surface area (TPSA) is 58.1 Å². The molecule has 3 rings (SSSR count). The first-order valence-corrected chi connectivity index (χ1v) is 11.7. The number of likely N-dealkylation sites (tertiary alicyclic amines) is 1. The summed E-state index contributed by atoms with van der Waals surface area (Å²) in [4.78, 5) is 6.83. The van der Waals surface area contributed by atoms with E-state index in [1.54, 1.807) is 7.11 Å². The molecular formula is C26H39IN4O2. The lowest BCUT2D eigenvalue weighted by Gasteiger charge is -2.32. The number of hydrogen-bond acceptors (Lipinski definition) is 4. The van der Waals surface area contributed by atoms with Crippen LogP contribution in [0.2, 0.25) is 0 Å². The van der Waals surface area contributed by atoms with Crippen LogP contribution in [0.5, 0.6) is 5.75 Å². The molecular weight excluding hydrogens is 527 g/mol. The second kappa shape index (κ2) is 15.9. The molecule has 0 aromatic heterocycles. The molecule has 2 N–H and O–H groups in total. The minimum absolute atomic E-state index is 0. The highest BCUT2D eigenvalue weighted by Gasteiger charge is 2.19. The molecule has 6 nitrogen and oxygen atoms in total. The van der Waals surface area contributed by atoms with Gasteiger partial charge in [0.05, 0.1) is 13.2 Å². The summed E-state index contributed by atoms with van der Waals surface area (Å²) in [6, 6.07) is 18.9. The number of halogens is 1. The van der Waals surface area contributed by atoms with E-state index in [0.717, 1.165) is 76.7 Å². The van der Waals surface area contributed by atoms with Crippen LogP contribution in [0.3, 0.4) is 0 Å². The van der Waals surface area contributed by atoms with E-state index in [0.29, 0.717) is 6.10 Å². The Labute approximate surface area is 216 Å². The first kappa shape index (κ1) is 27.4. The lowest BCUT2D eigenvalue weighted by Crippen LogP contribution is -2.39. The Morgan fingerprint density at radius 1 is 0.970 bits per heavy atom. The van der Waals surface area contributed by atoms with Crippen LogP contribution >= 0.6 is 24.0 Å². The van der Waals surface area contributed by atoms with E-state index in [2.05, 4.69) is 63.0 Å². The second-order valence-electron chi connectivity index (χ2n) is 8.21. The fourth-order valence-corrected chi connectivity index (χ4v) is 3.94. The largest absolute Gasteiger partial charge is 0.497 e. The summed E-state index contributed by atoms with van der Waals surface area (Å²) < 4.78 is 11.3. The smallest absolute Gasteiger partial charge is 0.190 e. The first-order chi connectivity index (χ1) is 15.8. The number of guanidine groups is 1. The van der Waals surface area contributed by atoms with E-state index in [4.69, 9.17) is 9.47 Å². The standard InChI is InChI=1S/C26H38N4O2.HI/c1-27-26(29-17-13-22-9-11-24(31-2)12-10-22)28-16-6-20-32-25-14-18-30(19-15-25)21-23-7-4-3-5-8-23;/h3-5,7-12,25H,6,13-21H2,1-2H3,(H2,27,28,29);1H. The quantitative estimate of drug-likeness (QED) is 0.186. The van der Waals surface area contributed by atoms with Crippen LogP contribution < -0.4 is 15.4 Å². The maximum absolute atomic E-state index is 6.12. The van der Waals surface area contributed by atoms with Gasteiger partial charge in [-0.2, -0.15) is 0 Å². The van der Waals surface area contributed by atoms with Crippen molar-refractivity contribution in [3.8, 4) is 5.75 Å². The van der Waals surface area contributed by atoms with Crippen molar-refractivity contribution >= 4 is 29.9 Å². The fourth-order valence-electron chi connectivity index (χ4n) is 3.94. The Bertz CT molecular complexity index is 794. The molecule has 0 aliphatic carbocycles. The van der Waals surface area contributed by atoms with E-state index in [1.807, 2.05) is 19.2 Å². The number of ether oxygens (including phenoxy) is 2. The molecule has 182 valence electrons. The minimum Gasteiger partial charge on any atom is -0.497 e. The van der Waals surface area contributed by atoms with Crippen molar-refractivity contribution < 1.29 is 9.47 Å². The number of nitrogens with one attached hydrogen (secondary N) is 2. The number of aliphatic imine (C=N–C) groups is 1. The third kappa shape index (κ3) is 10.3. The average molecular weight is 567 g/mol. The predicted molar refractivity (Wildman–Crippen MR) is 147 cm³/mol. The van der Waals surface area contributed by atoms with Crippen molar-refractivity contribution in [1.82, 2.24) is 15.5 Å². The van der Waals surface area contributed by atoms with Crippen molar-refractivity contribution in [2.45, 2.75) is 38.3 Å². The van der Waals surface area contributed by atoms with Crippen molar-refractivity contribution in [2.75, 3.05) is 46.9 Å². The van der Waals surface area contributed by atoms with Crippen LogP contribution in [0, 0.1) is 0 Å². The molecule has 0 atom stereocenters. The van der Waals surface area contributed by atoms with Crippen LogP contribution in [-0.2, 0) is 17.7 Å². The van der Waals surface area contributed by atoms with Gasteiger partial charge in [0.2, 0.25) is 0 Å². The molecule has 1 aliphatic rings. The Kier molecular flexibility index (Phi) is 13.2. The number of benzene rings is 2. The Morgan fingerprint density at radius 3 is 2.33 bits per heavy atom. The van der Waals surface area contributed by atoms with Crippen LogP contribution in [-0.4, -0.2) is 63.9 Å². The van der Waals surface area contributed by atoms with E-state index in [-0.39, 0.29) is 24.0 Å². The van der Waals surface area contributed by atoms with Gasteiger partial charge in [0.25, 0.3) is 0 Å². The molecule has 1 saturated heterocycles. The average Bonchev–Trinajstić information content (AvgIpc) is 2.85. The zero-order valence-electron chi connectivity index (χ0n) is 20.0. The van der Waals surface area contributed by atoms with Crippen LogP contribution in [0.15, 0.2) is 59.6 Å². The van der Waals surface area contributed by atoms with Crippen LogP contribution in [0.1, 0.15) is 30.4 Å². The zero-order chi connectivity index (χ0) is 22.4. The van der Waals surface area contributed by atoms with Gasteiger partial charge in [0.15, 0.2) is 5.96 Å². The van der Waals surface area contributed by atoms with Crippen LogP contribution in [0.4, 0.5) is 0 Å². The van der Waals surface area contributed by atoms with Gasteiger partial charge in [-0.05, 0) is 48.9 Å². The normalized spacial score (nSPS) is 15.0. The maximum atomic E-state index is 6.12. The van der Waals surface area contributed by atoms with Gasteiger partial charge in [-0.1, -0.05) is 42.5 Å². The van der Waals surface area contributed by atoms with Crippen LogP contribution in [0.25, 0.3) is 0 Å². The Balaban J connectivity index is 0.00000385. The molecule has 0 bridgehead atoms. The molecule has 1 aliphatic heterocycles. The third-order valence-corrected chi connectivity index (χ3v) is 5.84. The highest BCUT2D eigenvalue weighted by molar-refractivity contribution is 14.0. The molecule has 2 aromatic carbocycles. The summed E-state index contributed by atoms with van der Waals surface area (Å²) in [5.74, 6) is 1.73. The molecule has 1 heterocycles. The van der Waals surface area contributed by atoms with E-state index in [9.17, 15) is 0 Å². The third-order valence-electron chi connectivity index (χ3n) is 5.84. The lowest BCUT2D eigenvalue weighted by molar-refractivity contribution is 0.00534. The lowest BCUT2D eigenvalue weighted by atomic mass is 10.1. The van der Waals surface area contributed by atoms with Crippen molar-refractivity contribution in [3.05, 3.63) is 65.7 Å². The van der Waals surface area contributed by atoms with Gasteiger partial charge in [-0.15, -0.1) is 24.0 Å². The van der Waals surface area contributed by atoms with Gasteiger partial charge in [-0.25, -0.2) is 0 Å². The molecule has 0 unspecified atom stereocenters. The summed E-state index contributed by atoms with van der Waals surface area (Å²) in [6.07, 6.45) is 4.55. The number of piperidine rings is 1. The summed E-state index contributed by atoms with van der Waals surface area (Å²) in [6.45, 7) is 5.76. The van der Waals surface area contributed by atoms with Gasteiger partial charge in [0.1, 0.15) is 5.75 Å². The van der Waals surface area contributed by atoms with Gasteiger partial charge in [-0.3, -0.25) is 9.89 Å². The molecule has 33 heavy (non-hydrogen) atoms. The van der Waals surface area contributed by atoms with Crippen molar-refractivity contribution in [1.29, 1.82) is 0 Å². The summed E-state index contributed by atoms with van der Waals surface area (Å²) in [5.41, 5.74) is 2.67. The first-order valence-electron chi connectivity index (χ1n) is 11.7. The molecule has 0 saturated carbocycles. The monoisotopic (exact) mass is 566 g/mol. The van der Waals surface area contributed by atoms with Gasteiger partial charge >= 0.3 is 0 Å². The Morgan fingerprint density at radius 2 is 1.67 bits per heavy atom.